The Hall–Kier alpha value is -2.81. The Labute approximate surface area is 184 Å². The van der Waals surface area contributed by atoms with Gasteiger partial charge in [-0.25, -0.2) is 4.79 Å². The molecule has 0 saturated heterocycles. The molecular formula is C20H12Cl2N4O3S. The Morgan fingerprint density at radius 1 is 1.13 bits per heavy atom. The summed E-state index contributed by atoms with van der Waals surface area (Å²) in [6, 6.07) is 12.4. The third-order valence-electron chi connectivity index (χ3n) is 4.60. The summed E-state index contributed by atoms with van der Waals surface area (Å²) in [7, 11) is 1.53. The second kappa shape index (κ2) is 7.46. The van der Waals surface area contributed by atoms with Crippen LogP contribution in [0.15, 0.2) is 61.9 Å². The molecule has 0 N–H and O–H groups in total. The smallest absolute Gasteiger partial charge is 0.345 e. The predicted octanol–water partition coefficient (Wildman–Crippen LogP) is 4.73. The molecule has 0 bridgehead atoms. The first-order valence-electron chi connectivity index (χ1n) is 8.78. The van der Waals surface area contributed by atoms with Crippen molar-refractivity contribution in [1.82, 2.24) is 14.9 Å². The summed E-state index contributed by atoms with van der Waals surface area (Å²) in [5.41, 5.74) is 1.57. The number of thioether (sulfide) groups is 1. The number of hydrogen-bond donors (Lipinski definition) is 0. The predicted molar refractivity (Wildman–Crippen MR) is 117 cm³/mol. The lowest BCUT2D eigenvalue weighted by Gasteiger charge is -2.14. The van der Waals surface area contributed by atoms with Gasteiger partial charge in [-0.05, 0) is 30.3 Å². The van der Waals surface area contributed by atoms with Crippen LogP contribution in [0.5, 0.6) is 5.75 Å². The van der Waals surface area contributed by atoms with Gasteiger partial charge in [0.15, 0.2) is 17.2 Å². The van der Waals surface area contributed by atoms with Crippen molar-refractivity contribution in [1.29, 1.82) is 0 Å². The number of halogens is 2. The van der Waals surface area contributed by atoms with Crippen LogP contribution >= 0.6 is 35.0 Å². The minimum Gasteiger partial charge on any atom is -0.493 e. The third-order valence-corrected chi connectivity index (χ3v) is 6.27. The molecule has 0 saturated carbocycles. The van der Waals surface area contributed by atoms with Crippen LogP contribution in [-0.2, 0) is 0 Å². The Morgan fingerprint density at radius 2 is 2.00 bits per heavy atom. The van der Waals surface area contributed by atoms with E-state index < -0.39 is 5.63 Å². The number of para-hydroxylation sites is 1. The Balaban J connectivity index is 1.64. The third kappa shape index (κ3) is 3.17. The molecule has 7 nitrogen and oxygen atoms in total. The molecule has 0 fully saturated rings. The molecular weight excluding hydrogens is 447 g/mol. The summed E-state index contributed by atoms with van der Waals surface area (Å²) in [5, 5.41) is 15.3. The first kappa shape index (κ1) is 19.2. The first-order chi connectivity index (χ1) is 14.5. The quantitative estimate of drug-likeness (QED) is 0.412. The number of benzene rings is 2. The summed E-state index contributed by atoms with van der Waals surface area (Å²) in [6.07, 6.45) is 0. The Kier molecular flexibility index (Phi) is 4.77. The monoisotopic (exact) mass is 458 g/mol. The zero-order chi connectivity index (χ0) is 20.8. The summed E-state index contributed by atoms with van der Waals surface area (Å²) >= 11 is 13.6. The van der Waals surface area contributed by atoms with Crippen LogP contribution in [0, 0.1) is 0 Å². The second-order valence-corrected chi connectivity index (χ2v) is 8.17. The minimum absolute atomic E-state index is 0.377. The number of ether oxygens (including phenoxy) is 1. The standard InChI is InChI=1S/C20H12Cl2N4O3S/c1-28-16-4-2-3-10-7-12(19(27)29-17(10)16)15-9-30-20-24-23-18(26(20)25-15)11-5-6-13(21)14(22)8-11/h2-8H,9H2,1H3. The molecule has 0 atom stereocenters. The lowest BCUT2D eigenvalue weighted by molar-refractivity contribution is 0.406. The molecule has 4 aromatic rings. The molecule has 1 aliphatic heterocycles. The molecule has 0 radical (unpaired) electrons. The van der Waals surface area contributed by atoms with Crippen molar-refractivity contribution in [2.75, 3.05) is 12.9 Å². The SMILES string of the molecule is COc1cccc2cc(C3=Nn4c(nnc4-c4ccc(Cl)c(Cl)c4)SC3)c(=O)oc12. The zero-order valence-corrected chi connectivity index (χ0v) is 17.8. The van der Waals surface area contributed by atoms with E-state index in [4.69, 9.17) is 32.4 Å². The van der Waals surface area contributed by atoms with E-state index in [1.54, 1.807) is 35.0 Å². The van der Waals surface area contributed by atoms with Crippen molar-refractivity contribution < 1.29 is 9.15 Å². The maximum absolute atomic E-state index is 12.7. The molecule has 0 spiro atoms. The highest BCUT2D eigenvalue weighted by Crippen LogP contribution is 2.32. The average molecular weight is 459 g/mol. The molecule has 3 heterocycles. The highest BCUT2D eigenvalue weighted by atomic mass is 35.5. The van der Waals surface area contributed by atoms with Crippen LogP contribution in [0.2, 0.25) is 10.0 Å². The van der Waals surface area contributed by atoms with E-state index in [1.807, 2.05) is 12.1 Å². The first-order valence-corrected chi connectivity index (χ1v) is 10.5. The zero-order valence-electron chi connectivity index (χ0n) is 15.4. The fraction of sp³-hybridized carbons (Fsp3) is 0.100. The van der Waals surface area contributed by atoms with E-state index in [1.165, 1.54) is 18.9 Å². The molecule has 150 valence electrons. The van der Waals surface area contributed by atoms with E-state index in [0.29, 0.717) is 55.0 Å². The maximum atomic E-state index is 12.7. The molecule has 2 aromatic carbocycles. The highest BCUT2D eigenvalue weighted by Gasteiger charge is 2.23. The van der Waals surface area contributed by atoms with Crippen molar-refractivity contribution in [3.8, 4) is 17.1 Å². The Morgan fingerprint density at radius 3 is 2.80 bits per heavy atom. The summed E-state index contributed by atoms with van der Waals surface area (Å²) < 4.78 is 12.4. The molecule has 0 aliphatic carbocycles. The second-order valence-electron chi connectivity index (χ2n) is 6.41. The summed E-state index contributed by atoms with van der Waals surface area (Å²) in [6.45, 7) is 0. The molecule has 30 heavy (non-hydrogen) atoms. The van der Waals surface area contributed by atoms with Crippen LogP contribution in [0.3, 0.4) is 0 Å². The van der Waals surface area contributed by atoms with Gasteiger partial charge in [-0.15, -0.1) is 10.2 Å². The van der Waals surface area contributed by atoms with E-state index in [2.05, 4.69) is 15.3 Å². The van der Waals surface area contributed by atoms with E-state index in [9.17, 15) is 4.79 Å². The number of methoxy groups -OCH3 is 1. The molecule has 1 aliphatic rings. The number of fused-ring (bicyclic) bond motifs is 2. The Bertz CT molecular complexity index is 1400. The van der Waals surface area contributed by atoms with Crippen molar-refractivity contribution in [2.24, 2.45) is 5.10 Å². The number of aromatic nitrogens is 3. The average Bonchev–Trinajstić information content (AvgIpc) is 3.18. The lowest BCUT2D eigenvalue weighted by Crippen LogP contribution is -2.21. The molecule has 5 rings (SSSR count). The molecule has 0 unspecified atom stereocenters. The van der Waals surface area contributed by atoms with E-state index in [-0.39, 0.29) is 0 Å². The van der Waals surface area contributed by atoms with Crippen molar-refractivity contribution >= 4 is 51.6 Å². The number of rotatable bonds is 3. The van der Waals surface area contributed by atoms with Gasteiger partial charge in [-0.3, -0.25) is 0 Å². The van der Waals surface area contributed by atoms with Gasteiger partial charge in [0.05, 0.1) is 28.4 Å². The van der Waals surface area contributed by atoms with Gasteiger partial charge in [0.2, 0.25) is 5.16 Å². The van der Waals surface area contributed by atoms with Crippen LogP contribution < -0.4 is 10.4 Å². The maximum Gasteiger partial charge on any atom is 0.345 e. The van der Waals surface area contributed by atoms with Gasteiger partial charge in [0, 0.05) is 16.7 Å². The fourth-order valence-corrected chi connectivity index (χ4v) is 4.28. The topological polar surface area (TPSA) is 82.5 Å². The molecule has 0 amide bonds. The van der Waals surface area contributed by atoms with Crippen molar-refractivity contribution in [3.05, 3.63) is 68.5 Å². The van der Waals surface area contributed by atoms with Gasteiger partial charge in [0.25, 0.3) is 0 Å². The number of nitrogens with zero attached hydrogens (tertiary/aromatic N) is 4. The minimum atomic E-state index is -0.487. The van der Waals surface area contributed by atoms with Crippen molar-refractivity contribution in [3.63, 3.8) is 0 Å². The van der Waals surface area contributed by atoms with Gasteiger partial charge in [-0.1, -0.05) is 47.1 Å². The van der Waals surface area contributed by atoms with Crippen LogP contribution in [-0.4, -0.2) is 33.4 Å². The largest absolute Gasteiger partial charge is 0.493 e. The summed E-state index contributed by atoms with van der Waals surface area (Å²) in [4.78, 5) is 12.7. The van der Waals surface area contributed by atoms with Gasteiger partial charge >= 0.3 is 5.63 Å². The number of hydrogen-bond acceptors (Lipinski definition) is 7. The van der Waals surface area contributed by atoms with E-state index in [0.717, 1.165) is 5.39 Å². The highest BCUT2D eigenvalue weighted by molar-refractivity contribution is 7.99. The van der Waals surface area contributed by atoms with Gasteiger partial charge in [-0.2, -0.15) is 9.78 Å². The van der Waals surface area contributed by atoms with Crippen molar-refractivity contribution in [2.45, 2.75) is 5.16 Å². The summed E-state index contributed by atoms with van der Waals surface area (Å²) in [5.74, 6) is 1.46. The van der Waals surface area contributed by atoms with Crippen LogP contribution in [0.4, 0.5) is 0 Å². The molecule has 10 heteroatoms. The normalized spacial score (nSPS) is 13.2. The van der Waals surface area contributed by atoms with Crippen LogP contribution in [0.1, 0.15) is 5.56 Å². The van der Waals surface area contributed by atoms with Crippen LogP contribution in [0.25, 0.3) is 22.4 Å². The fourth-order valence-electron chi connectivity index (χ4n) is 3.15. The van der Waals surface area contributed by atoms with Gasteiger partial charge < -0.3 is 9.15 Å². The van der Waals surface area contributed by atoms with E-state index >= 15 is 0 Å². The van der Waals surface area contributed by atoms with Gasteiger partial charge in [0.1, 0.15) is 0 Å². The molecule has 2 aromatic heterocycles. The lowest BCUT2D eigenvalue weighted by atomic mass is 10.1.